The molecule has 0 amide bonds. The van der Waals surface area contributed by atoms with Crippen LogP contribution >= 0.6 is 0 Å². The van der Waals surface area contributed by atoms with Crippen LogP contribution in [0, 0.1) is 5.41 Å². The second kappa shape index (κ2) is 6.89. The number of fused-ring (bicyclic) bond motifs is 1. The van der Waals surface area contributed by atoms with Crippen LogP contribution < -0.4 is 17.2 Å². The number of guanidine groups is 1. The number of nitrogens with zero attached hydrogens (tertiary/aromatic N) is 4. The third-order valence-corrected chi connectivity index (χ3v) is 4.70. The first kappa shape index (κ1) is 16.9. The van der Waals surface area contributed by atoms with Crippen molar-refractivity contribution in [3.63, 3.8) is 0 Å². The minimum atomic E-state index is -0.371. The minimum absolute atomic E-state index is 0.0907. The fourth-order valence-corrected chi connectivity index (χ4v) is 3.04. The standard InChI is InChI=1S/C16H23N9/c17-7-11(13-12-1-4-21-14(12)23-10-22-13)8-24-16(9-18)2-5-25(6-3-16)15(19)20/h1,4,7-8,10H,2-3,5-6,9,17-18H2,(H3,19,20)(H,21,22,23). The van der Waals surface area contributed by atoms with Gasteiger partial charge in [0.05, 0.1) is 11.2 Å². The molecule has 1 saturated heterocycles. The fourth-order valence-electron chi connectivity index (χ4n) is 3.04. The van der Waals surface area contributed by atoms with E-state index in [1.54, 1.807) is 6.21 Å². The summed E-state index contributed by atoms with van der Waals surface area (Å²) in [4.78, 5) is 18.2. The van der Waals surface area contributed by atoms with Crippen LogP contribution in [0.2, 0.25) is 0 Å². The summed E-state index contributed by atoms with van der Waals surface area (Å²) in [7, 11) is 0. The molecule has 1 aliphatic heterocycles. The topological polar surface area (TPSA) is 159 Å². The highest BCUT2D eigenvalue weighted by Crippen LogP contribution is 2.26. The molecule has 2 aromatic rings. The van der Waals surface area contributed by atoms with E-state index in [1.807, 2.05) is 17.2 Å². The molecule has 132 valence electrons. The van der Waals surface area contributed by atoms with E-state index in [-0.39, 0.29) is 11.5 Å². The number of aromatic nitrogens is 3. The normalized spacial score (nSPS) is 18.1. The van der Waals surface area contributed by atoms with Crippen molar-refractivity contribution in [1.29, 1.82) is 5.41 Å². The van der Waals surface area contributed by atoms with E-state index in [9.17, 15) is 0 Å². The lowest BCUT2D eigenvalue weighted by atomic mass is 9.88. The zero-order valence-corrected chi connectivity index (χ0v) is 13.9. The van der Waals surface area contributed by atoms with Crippen LogP contribution in [0.3, 0.4) is 0 Å². The van der Waals surface area contributed by atoms with E-state index in [0.717, 1.165) is 29.6 Å². The molecule has 9 nitrogen and oxygen atoms in total. The number of H-pyrrole nitrogens is 1. The van der Waals surface area contributed by atoms with Gasteiger partial charge in [0.2, 0.25) is 0 Å². The van der Waals surface area contributed by atoms with E-state index in [1.165, 1.54) is 12.5 Å². The first-order valence-electron chi connectivity index (χ1n) is 8.13. The molecule has 0 aliphatic carbocycles. The monoisotopic (exact) mass is 341 g/mol. The number of nitrogens with one attached hydrogen (secondary N) is 2. The Morgan fingerprint density at radius 2 is 2.16 bits per heavy atom. The molecule has 3 heterocycles. The predicted octanol–water partition coefficient (Wildman–Crippen LogP) is 0.0151. The van der Waals surface area contributed by atoms with Crippen molar-refractivity contribution in [3.05, 3.63) is 30.5 Å². The first-order valence-corrected chi connectivity index (χ1v) is 8.13. The minimum Gasteiger partial charge on any atom is -0.404 e. The van der Waals surface area contributed by atoms with Gasteiger partial charge in [0.15, 0.2) is 5.96 Å². The molecule has 0 spiro atoms. The number of aliphatic imine (C=N–C) groups is 1. The highest BCUT2D eigenvalue weighted by atomic mass is 15.2. The molecule has 25 heavy (non-hydrogen) atoms. The maximum atomic E-state index is 7.54. The lowest BCUT2D eigenvalue weighted by Crippen LogP contribution is -2.51. The van der Waals surface area contributed by atoms with Crippen molar-refractivity contribution in [2.45, 2.75) is 18.4 Å². The summed E-state index contributed by atoms with van der Waals surface area (Å²) in [5.74, 6) is 0.0907. The number of rotatable bonds is 4. The van der Waals surface area contributed by atoms with Gasteiger partial charge in [-0.25, -0.2) is 9.97 Å². The zero-order valence-electron chi connectivity index (χ0n) is 13.9. The molecule has 0 bridgehead atoms. The average Bonchev–Trinajstić information content (AvgIpc) is 3.12. The van der Waals surface area contributed by atoms with Gasteiger partial charge in [-0.1, -0.05) is 0 Å². The Hall–Kier alpha value is -2.94. The first-order chi connectivity index (χ1) is 12.1. The highest BCUT2D eigenvalue weighted by Gasteiger charge is 2.33. The van der Waals surface area contributed by atoms with Crippen molar-refractivity contribution < 1.29 is 0 Å². The average molecular weight is 341 g/mol. The second-order valence-corrected chi connectivity index (χ2v) is 6.14. The largest absolute Gasteiger partial charge is 0.404 e. The van der Waals surface area contributed by atoms with E-state index >= 15 is 0 Å². The van der Waals surface area contributed by atoms with E-state index in [2.05, 4.69) is 15.0 Å². The SMILES string of the molecule is N=C(N)N1CCC(CN)(N=CC(=CN)c2ncnc3[nH]ccc23)CC1. The molecule has 1 fully saturated rings. The molecule has 2 aromatic heterocycles. The Kier molecular flexibility index (Phi) is 4.66. The third kappa shape index (κ3) is 3.31. The summed E-state index contributed by atoms with van der Waals surface area (Å²) in [5.41, 5.74) is 19.2. The number of aromatic amines is 1. The molecule has 0 unspecified atom stereocenters. The summed E-state index contributed by atoms with van der Waals surface area (Å²) in [5, 5.41) is 8.43. The molecule has 9 heteroatoms. The van der Waals surface area contributed by atoms with Crippen LogP contribution in [0.1, 0.15) is 18.5 Å². The smallest absolute Gasteiger partial charge is 0.188 e. The van der Waals surface area contributed by atoms with Crippen LogP contribution in [-0.4, -0.2) is 57.2 Å². The summed E-state index contributed by atoms with van der Waals surface area (Å²) in [6.45, 7) is 1.76. The summed E-state index contributed by atoms with van der Waals surface area (Å²) >= 11 is 0. The summed E-state index contributed by atoms with van der Waals surface area (Å²) in [6, 6.07) is 1.91. The van der Waals surface area contributed by atoms with Gasteiger partial charge in [-0.15, -0.1) is 0 Å². The van der Waals surface area contributed by atoms with Crippen LogP contribution in [0.15, 0.2) is 29.8 Å². The number of piperidine rings is 1. The fraction of sp³-hybridized carbons (Fsp3) is 0.375. The third-order valence-electron chi connectivity index (χ3n) is 4.70. The molecule has 1 aliphatic rings. The molecule has 0 aromatic carbocycles. The Morgan fingerprint density at radius 3 is 2.80 bits per heavy atom. The Labute approximate surface area is 145 Å². The molecule has 0 atom stereocenters. The van der Waals surface area contributed by atoms with Crippen LogP contribution in [0.5, 0.6) is 0 Å². The van der Waals surface area contributed by atoms with Gasteiger partial charge in [-0.3, -0.25) is 10.4 Å². The molecule has 0 radical (unpaired) electrons. The lowest BCUT2D eigenvalue weighted by molar-refractivity contribution is 0.234. The Morgan fingerprint density at radius 1 is 1.40 bits per heavy atom. The number of likely N-dealkylation sites (tertiary alicyclic amines) is 1. The van der Waals surface area contributed by atoms with Crippen molar-refractivity contribution in [2.24, 2.45) is 22.2 Å². The Balaban J connectivity index is 1.83. The molecule has 0 saturated carbocycles. The van der Waals surface area contributed by atoms with Gasteiger partial charge in [0, 0.05) is 49.2 Å². The maximum Gasteiger partial charge on any atom is 0.188 e. The summed E-state index contributed by atoms with van der Waals surface area (Å²) in [6.07, 6.45) is 8.02. The van der Waals surface area contributed by atoms with E-state index in [0.29, 0.717) is 25.2 Å². The van der Waals surface area contributed by atoms with Crippen molar-refractivity contribution in [3.8, 4) is 0 Å². The van der Waals surface area contributed by atoms with Gasteiger partial charge in [-0.2, -0.15) is 0 Å². The van der Waals surface area contributed by atoms with Gasteiger partial charge in [-0.05, 0) is 18.9 Å². The predicted molar refractivity (Wildman–Crippen MR) is 99.1 cm³/mol. The van der Waals surface area contributed by atoms with E-state index in [4.69, 9.17) is 27.6 Å². The van der Waals surface area contributed by atoms with Crippen LogP contribution in [0.4, 0.5) is 0 Å². The van der Waals surface area contributed by atoms with Gasteiger partial charge in [0.1, 0.15) is 12.0 Å². The number of hydrogen-bond acceptors (Lipinski definition) is 6. The summed E-state index contributed by atoms with van der Waals surface area (Å²) < 4.78 is 0. The number of allylic oxidation sites excluding steroid dienone is 1. The highest BCUT2D eigenvalue weighted by molar-refractivity contribution is 6.13. The van der Waals surface area contributed by atoms with Gasteiger partial charge >= 0.3 is 0 Å². The lowest BCUT2D eigenvalue weighted by Gasteiger charge is -2.38. The molecular formula is C16H23N9. The molecule has 8 N–H and O–H groups in total. The zero-order chi connectivity index (χ0) is 17.9. The van der Waals surface area contributed by atoms with Crippen LogP contribution in [-0.2, 0) is 0 Å². The quantitative estimate of drug-likeness (QED) is 0.389. The maximum absolute atomic E-state index is 7.54. The molecular weight excluding hydrogens is 318 g/mol. The van der Waals surface area contributed by atoms with Gasteiger partial charge in [0.25, 0.3) is 0 Å². The number of hydrogen-bond donors (Lipinski definition) is 5. The van der Waals surface area contributed by atoms with Crippen molar-refractivity contribution in [1.82, 2.24) is 19.9 Å². The Bertz CT molecular complexity index is 812. The van der Waals surface area contributed by atoms with Gasteiger partial charge < -0.3 is 27.1 Å². The number of nitrogens with two attached hydrogens (primary N) is 3. The van der Waals surface area contributed by atoms with Crippen molar-refractivity contribution in [2.75, 3.05) is 19.6 Å². The molecule has 3 rings (SSSR count). The second-order valence-electron chi connectivity index (χ2n) is 6.14. The van der Waals surface area contributed by atoms with E-state index < -0.39 is 0 Å². The van der Waals surface area contributed by atoms with Crippen molar-refractivity contribution >= 4 is 28.8 Å². The van der Waals surface area contributed by atoms with Crippen LogP contribution in [0.25, 0.3) is 16.6 Å².